The molecule has 5 nitrogen and oxygen atoms in total. The zero-order valence-corrected chi connectivity index (χ0v) is 10.5. The largest absolute Gasteiger partial charge is 0.321 e. The average Bonchev–Trinajstić information content (AvgIpc) is 2.87. The minimum absolute atomic E-state index is 0.191. The highest BCUT2D eigenvalue weighted by molar-refractivity contribution is 6.30. The second-order valence-corrected chi connectivity index (χ2v) is 4.41. The van der Waals surface area contributed by atoms with Crippen LogP contribution in [0.1, 0.15) is 10.4 Å². The summed E-state index contributed by atoms with van der Waals surface area (Å²) in [6, 6.07) is 10.3. The van der Waals surface area contributed by atoms with Crippen LogP contribution in [-0.2, 0) is 0 Å². The van der Waals surface area contributed by atoms with Crippen LogP contribution in [0.5, 0.6) is 0 Å². The predicted octanol–water partition coefficient (Wildman–Crippen LogP) is 2.64. The van der Waals surface area contributed by atoms with E-state index in [1.54, 1.807) is 53.3 Å². The van der Waals surface area contributed by atoms with E-state index in [-0.39, 0.29) is 5.91 Å². The Morgan fingerprint density at radius 3 is 2.74 bits per heavy atom. The summed E-state index contributed by atoms with van der Waals surface area (Å²) in [7, 11) is 0. The van der Waals surface area contributed by atoms with Gasteiger partial charge in [0, 0.05) is 16.8 Å². The van der Waals surface area contributed by atoms with Gasteiger partial charge in [0.15, 0.2) is 5.65 Å². The lowest BCUT2D eigenvalue weighted by Gasteiger charge is -2.05. The molecule has 0 fully saturated rings. The Kier molecular flexibility index (Phi) is 2.89. The number of pyridine rings is 1. The molecule has 0 saturated heterocycles. The Bertz CT molecular complexity index is 736. The van der Waals surface area contributed by atoms with Gasteiger partial charge in [0.2, 0.25) is 0 Å². The topological polar surface area (TPSA) is 59.3 Å². The van der Waals surface area contributed by atoms with Gasteiger partial charge in [-0.1, -0.05) is 11.6 Å². The number of halogens is 1. The second-order valence-electron chi connectivity index (χ2n) is 3.98. The molecule has 0 spiro atoms. The van der Waals surface area contributed by atoms with Gasteiger partial charge in [-0.3, -0.25) is 9.20 Å². The van der Waals surface area contributed by atoms with Crippen molar-refractivity contribution in [2.24, 2.45) is 0 Å². The van der Waals surface area contributed by atoms with Gasteiger partial charge in [-0.15, -0.1) is 10.2 Å². The molecule has 0 saturated carbocycles. The molecule has 2 heterocycles. The van der Waals surface area contributed by atoms with Gasteiger partial charge < -0.3 is 5.32 Å². The summed E-state index contributed by atoms with van der Waals surface area (Å²) < 4.78 is 1.73. The van der Waals surface area contributed by atoms with Crippen LogP contribution in [0.25, 0.3) is 5.65 Å². The number of carbonyl (C=O) groups is 1. The van der Waals surface area contributed by atoms with E-state index in [0.29, 0.717) is 16.3 Å². The Morgan fingerprint density at radius 1 is 1.16 bits per heavy atom. The second kappa shape index (κ2) is 4.70. The fourth-order valence-electron chi connectivity index (χ4n) is 1.71. The van der Waals surface area contributed by atoms with Crippen LogP contribution in [0.15, 0.2) is 48.9 Å². The van der Waals surface area contributed by atoms with Crippen LogP contribution in [0.3, 0.4) is 0 Å². The van der Waals surface area contributed by atoms with Crippen molar-refractivity contribution in [1.29, 1.82) is 0 Å². The van der Waals surface area contributed by atoms with Crippen LogP contribution >= 0.6 is 11.6 Å². The lowest BCUT2D eigenvalue weighted by Crippen LogP contribution is -2.12. The molecule has 2 aromatic heterocycles. The number of nitrogens with zero attached hydrogens (tertiary/aromatic N) is 3. The van der Waals surface area contributed by atoms with E-state index in [2.05, 4.69) is 15.5 Å². The molecule has 0 radical (unpaired) electrons. The Hall–Kier alpha value is -2.40. The minimum atomic E-state index is -0.191. The Morgan fingerprint density at radius 2 is 1.95 bits per heavy atom. The van der Waals surface area contributed by atoms with Crippen LogP contribution in [0, 0.1) is 0 Å². The number of carbonyl (C=O) groups excluding carboxylic acids is 1. The minimum Gasteiger partial charge on any atom is -0.321 e. The number of hydrogen-bond acceptors (Lipinski definition) is 3. The van der Waals surface area contributed by atoms with Gasteiger partial charge in [0.1, 0.15) is 6.33 Å². The van der Waals surface area contributed by atoms with Crippen molar-refractivity contribution in [2.75, 3.05) is 5.32 Å². The molecule has 1 N–H and O–H groups in total. The number of amides is 1. The summed E-state index contributed by atoms with van der Waals surface area (Å²) in [5.74, 6) is -0.191. The van der Waals surface area contributed by atoms with Crippen molar-refractivity contribution in [3.63, 3.8) is 0 Å². The quantitative estimate of drug-likeness (QED) is 0.780. The highest BCUT2D eigenvalue weighted by Gasteiger charge is 2.06. The summed E-state index contributed by atoms with van der Waals surface area (Å²) >= 11 is 5.78. The van der Waals surface area contributed by atoms with Crippen molar-refractivity contribution < 1.29 is 4.79 Å². The van der Waals surface area contributed by atoms with Crippen LogP contribution in [0.2, 0.25) is 5.02 Å². The van der Waals surface area contributed by atoms with E-state index in [1.807, 2.05) is 0 Å². The van der Waals surface area contributed by atoms with Crippen molar-refractivity contribution in [1.82, 2.24) is 14.6 Å². The first-order valence-electron chi connectivity index (χ1n) is 5.59. The molecule has 0 unspecified atom stereocenters. The number of rotatable bonds is 2. The van der Waals surface area contributed by atoms with Crippen molar-refractivity contribution in [3.05, 3.63) is 59.5 Å². The molecule has 0 aliphatic rings. The fraction of sp³-hybridized carbons (Fsp3) is 0. The fourth-order valence-corrected chi connectivity index (χ4v) is 1.83. The molecule has 3 rings (SSSR count). The third kappa shape index (κ3) is 2.41. The van der Waals surface area contributed by atoms with Crippen molar-refractivity contribution >= 4 is 28.8 Å². The maximum atomic E-state index is 12.0. The molecule has 19 heavy (non-hydrogen) atoms. The Balaban J connectivity index is 1.83. The maximum Gasteiger partial charge on any atom is 0.255 e. The normalized spacial score (nSPS) is 10.6. The lowest BCUT2D eigenvalue weighted by molar-refractivity contribution is 0.102. The number of nitrogens with one attached hydrogen (secondary N) is 1. The molecule has 0 aliphatic heterocycles. The summed E-state index contributed by atoms with van der Waals surface area (Å²) in [6.07, 6.45) is 3.33. The molecule has 94 valence electrons. The first kappa shape index (κ1) is 11.7. The van der Waals surface area contributed by atoms with E-state index in [9.17, 15) is 4.79 Å². The average molecular weight is 273 g/mol. The van der Waals surface area contributed by atoms with Gasteiger partial charge >= 0.3 is 0 Å². The molecule has 1 aromatic carbocycles. The standard InChI is InChI=1S/C13H9ClN4O/c14-10-3-1-9(2-4-10)13(19)16-11-5-6-12-17-15-8-18(12)7-11/h1-8H,(H,16,19). The molecule has 0 aliphatic carbocycles. The number of fused-ring (bicyclic) bond motifs is 1. The summed E-state index contributed by atoms with van der Waals surface area (Å²) in [5, 5.41) is 11.1. The zero-order chi connectivity index (χ0) is 13.2. The molecular weight excluding hydrogens is 264 g/mol. The SMILES string of the molecule is O=C(Nc1ccc2nncn2c1)c1ccc(Cl)cc1. The summed E-state index contributed by atoms with van der Waals surface area (Å²) in [6.45, 7) is 0. The highest BCUT2D eigenvalue weighted by Crippen LogP contribution is 2.13. The molecule has 6 heteroatoms. The summed E-state index contributed by atoms with van der Waals surface area (Å²) in [4.78, 5) is 12.0. The van der Waals surface area contributed by atoms with Crippen LogP contribution < -0.4 is 5.32 Å². The summed E-state index contributed by atoms with van der Waals surface area (Å²) in [5.41, 5.74) is 1.95. The number of benzene rings is 1. The predicted molar refractivity (Wildman–Crippen MR) is 72.4 cm³/mol. The maximum absolute atomic E-state index is 12.0. The van der Waals surface area contributed by atoms with Crippen LogP contribution in [0.4, 0.5) is 5.69 Å². The number of hydrogen-bond donors (Lipinski definition) is 1. The monoisotopic (exact) mass is 272 g/mol. The van der Waals surface area contributed by atoms with E-state index in [4.69, 9.17) is 11.6 Å². The number of aromatic nitrogens is 3. The first-order valence-corrected chi connectivity index (χ1v) is 5.96. The smallest absolute Gasteiger partial charge is 0.255 e. The van der Waals surface area contributed by atoms with E-state index < -0.39 is 0 Å². The van der Waals surface area contributed by atoms with Gasteiger partial charge in [0.25, 0.3) is 5.91 Å². The van der Waals surface area contributed by atoms with Gasteiger partial charge in [-0.2, -0.15) is 0 Å². The van der Waals surface area contributed by atoms with E-state index in [0.717, 1.165) is 5.65 Å². The third-order valence-corrected chi connectivity index (χ3v) is 2.91. The van der Waals surface area contributed by atoms with E-state index >= 15 is 0 Å². The lowest BCUT2D eigenvalue weighted by atomic mass is 10.2. The third-order valence-electron chi connectivity index (χ3n) is 2.66. The highest BCUT2D eigenvalue weighted by atomic mass is 35.5. The number of anilines is 1. The van der Waals surface area contributed by atoms with Gasteiger partial charge in [0.05, 0.1) is 5.69 Å². The van der Waals surface area contributed by atoms with Gasteiger partial charge in [-0.05, 0) is 36.4 Å². The molecular formula is C13H9ClN4O. The van der Waals surface area contributed by atoms with Gasteiger partial charge in [-0.25, -0.2) is 0 Å². The van der Waals surface area contributed by atoms with Crippen molar-refractivity contribution in [2.45, 2.75) is 0 Å². The Labute approximate surface area is 113 Å². The molecule has 3 aromatic rings. The molecule has 0 atom stereocenters. The van der Waals surface area contributed by atoms with E-state index in [1.165, 1.54) is 0 Å². The molecule has 0 bridgehead atoms. The molecule has 1 amide bonds. The zero-order valence-electron chi connectivity index (χ0n) is 9.75. The van der Waals surface area contributed by atoms with Crippen LogP contribution in [-0.4, -0.2) is 20.5 Å². The first-order chi connectivity index (χ1) is 9.22. The van der Waals surface area contributed by atoms with Crippen molar-refractivity contribution in [3.8, 4) is 0 Å².